The first-order valence-electron chi connectivity index (χ1n) is 8.91. The Kier molecular flexibility index (Phi) is 6.87. The average Bonchev–Trinajstić information content (AvgIpc) is 3.20. The summed E-state index contributed by atoms with van der Waals surface area (Å²) in [6.45, 7) is -0.180. The highest BCUT2D eigenvalue weighted by Gasteiger charge is 2.10. The van der Waals surface area contributed by atoms with E-state index in [1.807, 2.05) is 42.5 Å². The van der Waals surface area contributed by atoms with Gasteiger partial charge < -0.3 is 14.5 Å². The number of halogens is 1. The first kappa shape index (κ1) is 19.7. The molecule has 0 unspecified atom stereocenters. The molecule has 28 heavy (non-hydrogen) atoms. The lowest BCUT2D eigenvalue weighted by molar-refractivity contribution is -0.147. The van der Waals surface area contributed by atoms with Crippen molar-refractivity contribution in [1.82, 2.24) is 0 Å². The van der Waals surface area contributed by atoms with Gasteiger partial charge in [-0.25, -0.2) is 0 Å². The van der Waals surface area contributed by atoms with Crippen LogP contribution in [-0.4, -0.2) is 24.9 Å². The molecule has 0 atom stereocenters. The number of ether oxygens (including phenoxy) is 1. The topological polar surface area (TPSA) is 68.5 Å². The summed E-state index contributed by atoms with van der Waals surface area (Å²) in [5.74, 6) is 0.809. The van der Waals surface area contributed by atoms with E-state index in [1.54, 1.807) is 24.3 Å². The fraction of sp³-hybridized carbons (Fsp3) is 0.182. The number of Topliss-reactive ketones (excluding diaryl/α,β-unsaturated/α-hetero) is 1. The zero-order valence-corrected chi connectivity index (χ0v) is 15.9. The Labute approximate surface area is 168 Å². The van der Waals surface area contributed by atoms with E-state index in [1.165, 1.54) is 0 Å². The van der Waals surface area contributed by atoms with Gasteiger partial charge in [0.15, 0.2) is 12.4 Å². The summed E-state index contributed by atoms with van der Waals surface area (Å²) in [5, 5.41) is 3.58. The zero-order chi connectivity index (χ0) is 19.8. The minimum atomic E-state index is -0.433. The number of rotatable bonds is 9. The van der Waals surface area contributed by atoms with Crippen LogP contribution in [0.5, 0.6) is 0 Å². The minimum Gasteiger partial charge on any atom is -0.461 e. The third-order valence-corrected chi connectivity index (χ3v) is 4.28. The number of anilines is 1. The molecule has 0 aliphatic heterocycles. The lowest BCUT2D eigenvalue weighted by Crippen LogP contribution is -2.21. The summed E-state index contributed by atoms with van der Waals surface area (Å²) < 4.78 is 10.8. The molecule has 1 N–H and O–H groups in total. The molecule has 1 heterocycles. The Morgan fingerprint density at radius 1 is 0.964 bits per heavy atom. The number of nitrogens with one attached hydrogen (secondary N) is 1. The number of hydrogen-bond donors (Lipinski definition) is 1. The van der Waals surface area contributed by atoms with Crippen LogP contribution >= 0.6 is 11.6 Å². The SMILES string of the molecule is O=C(CNc1ccc(Cl)cc1)COC(=O)CCc1ccc(-c2ccccc2)o1. The third kappa shape index (κ3) is 5.99. The van der Waals surface area contributed by atoms with Gasteiger partial charge in [-0.1, -0.05) is 41.9 Å². The van der Waals surface area contributed by atoms with Crippen molar-refractivity contribution in [3.63, 3.8) is 0 Å². The summed E-state index contributed by atoms with van der Waals surface area (Å²) in [5.41, 5.74) is 1.76. The Bertz CT molecular complexity index is 919. The van der Waals surface area contributed by atoms with Crippen LogP contribution < -0.4 is 5.32 Å². The molecule has 0 amide bonds. The van der Waals surface area contributed by atoms with Gasteiger partial charge in [0.05, 0.1) is 13.0 Å². The zero-order valence-electron chi connectivity index (χ0n) is 15.2. The highest BCUT2D eigenvalue weighted by Crippen LogP contribution is 2.22. The Balaban J connectivity index is 1.37. The number of aryl methyl sites for hydroxylation is 1. The van der Waals surface area contributed by atoms with E-state index in [0.29, 0.717) is 17.2 Å². The van der Waals surface area contributed by atoms with Crippen molar-refractivity contribution in [2.45, 2.75) is 12.8 Å². The van der Waals surface area contributed by atoms with E-state index >= 15 is 0 Å². The van der Waals surface area contributed by atoms with Crippen molar-refractivity contribution >= 4 is 29.0 Å². The normalized spacial score (nSPS) is 10.5. The number of carbonyl (C=O) groups excluding carboxylic acids is 2. The van der Waals surface area contributed by atoms with E-state index in [-0.39, 0.29) is 25.4 Å². The quantitative estimate of drug-likeness (QED) is 0.527. The van der Waals surface area contributed by atoms with Crippen molar-refractivity contribution in [3.8, 4) is 11.3 Å². The Morgan fingerprint density at radius 3 is 2.46 bits per heavy atom. The molecular formula is C22H20ClNO4. The molecule has 2 aromatic carbocycles. The van der Waals surface area contributed by atoms with Crippen LogP contribution in [0.3, 0.4) is 0 Å². The molecular weight excluding hydrogens is 378 g/mol. The maximum absolute atomic E-state index is 11.9. The number of benzene rings is 2. The Morgan fingerprint density at radius 2 is 1.71 bits per heavy atom. The fourth-order valence-corrected chi connectivity index (χ4v) is 2.67. The number of esters is 1. The summed E-state index contributed by atoms with van der Waals surface area (Å²) in [7, 11) is 0. The van der Waals surface area contributed by atoms with Gasteiger partial charge in [-0.15, -0.1) is 0 Å². The minimum absolute atomic E-state index is 0.0769. The van der Waals surface area contributed by atoms with Gasteiger partial charge in [0.2, 0.25) is 0 Å². The van der Waals surface area contributed by atoms with Crippen LogP contribution in [0, 0.1) is 0 Å². The molecule has 5 nitrogen and oxygen atoms in total. The number of hydrogen-bond acceptors (Lipinski definition) is 5. The fourth-order valence-electron chi connectivity index (χ4n) is 2.55. The summed E-state index contributed by atoms with van der Waals surface area (Å²) >= 11 is 5.81. The molecule has 0 saturated carbocycles. The molecule has 0 saturated heterocycles. The van der Waals surface area contributed by atoms with Crippen LogP contribution in [0.1, 0.15) is 12.2 Å². The van der Waals surface area contributed by atoms with Crippen molar-refractivity contribution < 1.29 is 18.7 Å². The number of ketones is 1. The lowest BCUT2D eigenvalue weighted by Gasteiger charge is -2.07. The molecule has 3 rings (SSSR count). The second-order valence-corrected chi connectivity index (χ2v) is 6.63. The second kappa shape index (κ2) is 9.76. The molecule has 0 bridgehead atoms. The van der Waals surface area contributed by atoms with Crippen LogP contribution in [0.4, 0.5) is 5.69 Å². The van der Waals surface area contributed by atoms with Crippen LogP contribution in [0.15, 0.2) is 71.1 Å². The number of carbonyl (C=O) groups is 2. The molecule has 0 fully saturated rings. The summed E-state index contributed by atoms with van der Waals surface area (Å²) in [6, 6.07) is 20.5. The van der Waals surface area contributed by atoms with Crippen LogP contribution in [0.2, 0.25) is 5.02 Å². The predicted octanol–water partition coefficient (Wildman–Crippen LogP) is 4.76. The van der Waals surface area contributed by atoms with Gasteiger partial charge in [-0.2, -0.15) is 0 Å². The monoisotopic (exact) mass is 397 g/mol. The molecule has 0 aliphatic carbocycles. The summed E-state index contributed by atoms with van der Waals surface area (Å²) in [4.78, 5) is 23.7. The standard InChI is InChI=1S/C22H20ClNO4/c23-17-6-8-18(9-7-17)24-14-19(25)15-27-22(26)13-11-20-10-12-21(28-20)16-4-2-1-3-5-16/h1-10,12,24H,11,13-15H2. The van der Waals surface area contributed by atoms with Gasteiger partial charge in [0, 0.05) is 22.7 Å². The highest BCUT2D eigenvalue weighted by atomic mass is 35.5. The predicted molar refractivity (Wildman–Crippen MR) is 108 cm³/mol. The largest absolute Gasteiger partial charge is 0.461 e. The third-order valence-electron chi connectivity index (χ3n) is 4.02. The lowest BCUT2D eigenvalue weighted by atomic mass is 10.2. The molecule has 1 aromatic heterocycles. The van der Waals surface area contributed by atoms with Crippen molar-refractivity contribution in [1.29, 1.82) is 0 Å². The molecule has 0 radical (unpaired) electrons. The van der Waals surface area contributed by atoms with Crippen molar-refractivity contribution in [2.24, 2.45) is 0 Å². The van der Waals surface area contributed by atoms with Gasteiger partial charge in [-0.05, 0) is 36.4 Å². The van der Waals surface area contributed by atoms with E-state index in [9.17, 15) is 9.59 Å². The molecule has 6 heteroatoms. The van der Waals surface area contributed by atoms with Crippen LogP contribution in [0.25, 0.3) is 11.3 Å². The van der Waals surface area contributed by atoms with Gasteiger partial charge in [-0.3, -0.25) is 9.59 Å². The molecule has 0 aliphatic rings. The molecule has 3 aromatic rings. The second-order valence-electron chi connectivity index (χ2n) is 6.19. The van der Waals surface area contributed by atoms with Gasteiger partial charge in [0.1, 0.15) is 11.5 Å². The van der Waals surface area contributed by atoms with E-state index < -0.39 is 5.97 Å². The highest BCUT2D eigenvalue weighted by molar-refractivity contribution is 6.30. The smallest absolute Gasteiger partial charge is 0.306 e. The first-order chi connectivity index (χ1) is 13.6. The maximum atomic E-state index is 11.9. The van der Waals surface area contributed by atoms with Gasteiger partial charge in [0.25, 0.3) is 0 Å². The van der Waals surface area contributed by atoms with Gasteiger partial charge >= 0.3 is 5.97 Å². The average molecular weight is 398 g/mol. The molecule has 144 valence electrons. The maximum Gasteiger partial charge on any atom is 0.306 e. The van der Waals surface area contributed by atoms with E-state index in [2.05, 4.69) is 5.32 Å². The molecule has 0 spiro atoms. The van der Waals surface area contributed by atoms with E-state index in [0.717, 1.165) is 17.0 Å². The first-order valence-corrected chi connectivity index (χ1v) is 9.29. The number of furan rings is 1. The van der Waals surface area contributed by atoms with Crippen LogP contribution in [-0.2, 0) is 20.7 Å². The van der Waals surface area contributed by atoms with Crippen molar-refractivity contribution in [3.05, 3.63) is 77.5 Å². The van der Waals surface area contributed by atoms with E-state index in [4.69, 9.17) is 20.8 Å². The Hall–Kier alpha value is -3.05. The van der Waals surface area contributed by atoms with Crippen molar-refractivity contribution in [2.75, 3.05) is 18.5 Å². The summed E-state index contributed by atoms with van der Waals surface area (Å²) in [6.07, 6.45) is 0.572.